The molecule has 7 heteroatoms. The van der Waals surface area contributed by atoms with Gasteiger partial charge in [-0.3, -0.25) is 4.79 Å². The lowest BCUT2D eigenvalue weighted by Crippen LogP contribution is -2.28. The SMILES string of the molecule is COc1cccc(OC)c1C(=O)OCC(=O)NCc1ccccc1F. The summed E-state index contributed by atoms with van der Waals surface area (Å²) in [5, 5.41) is 2.49. The van der Waals surface area contributed by atoms with Crippen molar-refractivity contribution < 1.29 is 28.2 Å². The van der Waals surface area contributed by atoms with Crippen LogP contribution in [0.25, 0.3) is 0 Å². The summed E-state index contributed by atoms with van der Waals surface area (Å²) in [6.07, 6.45) is 0. The first-order chi connectivity index (χ1) is 12.1. The van der Waals surface area contributed by atoms with E-state index >= 15 is 0 Å². The maximum absolute atomic E-state index is 13.5. The molecule has 0 aromatic heterocycles. The van der Waals surface area contributed by atoms with Crippen LogP contribution in [0.2, 0.25) is 0 Å². The van der Waals surface area contributed by atoms with Gasteiger partial charge in [0.2, 0.25) is 0 Å². The van der Waals surface area contributed by atoms with E-state index in [9.17, 15) is 14.0 Å². The number of carbonyl (C=O) groups excluding carboxylic acids is 2. The number of ether oxygens (including phenoxy) is 3. The predicted molar refractivity (Wildman–Crippen MR) is 88.1 cm³/mol. The molecule has 2 rings (SSSR count). The molecule has 0 unspecified atom stereocenters. The van der Waals surface area contributed by atoms with Gasteiger partial charge in [0.15, 0.2) is 6.61 Å². The van der Waals surface area contributed by atoms with Gasteiger partial charge < -0.3 is 19.5 Å². The molecule has 0 heterocycles. The average molecular weight is 347 g/mol. The molecule has 0 spiro atoms. The fraction of sp³-hybridized carbons (Fsp3) is 0.222. The summed E-state index contributed by atoms with van der Waals surface area (Å²) < 4.78 is 28.7. The molecule has 0 radical (unpaired) electrons. The number of hydrogen-bond donors (Lipinski definition) is 1. The number of nitrogens with one attached hydrogen (secondary N) is 1. The number of methoxy groups -OCH3 is 2. The number of amides is 1. The summed E-state index contributed by atoms with van der Waals surface area (Å²) in [5.41, 5.74) is 0.433. The summed E-state index contributed by atoms with van der Waals surface area (Å²) in [7, 11) is 2.82. The highest BCUT2D eigenvalue weighted by atomic mass is 19.1. The van der Waals surface area contributed by atoms with Gasteiger partial charge in [-0.15, -0.1) is 0 Å². The fourth-order valence-electron chi connectivity index (χ4n) is 2.14. The van der Waals surface area contributed by atoms with Gasteiger partial charge in [-0.1, -0.05) is 24.3 Å². The number of benzene rings is 2. The number of esters is 1. The molecule has 1 N–H and O–H groups in total. The van der Waals surface area contributed by atoms with E-state index in [-0.39, 0.29) is 23.6 Å². The first kappa shape index (κ1) is 18.3. The topological polar surface area (TPSA) is 73.9 Å². The lowest BCUT2D eigenvalue weighted by molar-refractivity contribution is -0.124. The molecule has 0 aliphatic rings. The van der Waals surface area contributed by atoms with Crippen molar-refractivity contribution in [2.75, 3.05) is 20.8 Å². The number of carbonyl (C=O) groups is 2. The molecular formula is C18H18FNO5. The molecule has 132 valence electrons. The van der Waals surface area contributed by atoms with Crippen LogP contribution in [0.15, 0.2) is 42.5 Å². The molecule has 0 atom stereocenters. The van der Waals surface area contributed by atoms with Crippen LogP contribution in [0.3, 0.4) is 0 Å². The van der Waals surface area contributed by atoms with E-state index in [2.05, 4.69) is 5.32 Å². The van der Waals surface area contributed by atoms with E-state index in [4.69, 9.17) is 14.2 Å². The molecule has 0 aliphatic heterocycles. The van der Waals surface area contributed by atoms with E-state index in [1.165, 1.54) is 20.3 Å². The Morgan fingerprint density at radius 1 is 1.00 bits per heavy atom. The molecule has 1 amide bonds. The van der Waals surface area contributed by atoms with Crippen LogP contribution in [0.4, 0.5) is 4.39 Å². The van der Waals surface area contributed by atoms with Gasteiger partial charge >= 0.3 is 5.97 Å². The standard InChI is InChI=1S/C18H18FNO5/c1-23-14-8-5-9-15(24-2)17(14)18(22)25-11-16(21)20-10-12-6-3-4-7-13(12)19/h3-9H,10-11H2,1-2H3,(H,20,21). The second-order valence-electron chi connectivity index (χ2n) is 4.98. The quantitative estimate of drug-likeness (QED) is 0.778. The molecular weight excluding hydrogens is 329 g/mol. The first-order valence-electron chi connectivity index (χ1n) is 7.45. The van der Waals surface area contributed by atoms with Crippen molar-refractivity contribution in [3.05, 3.63) is 59.4 Å². The van der Waals surface area contributed by atoms with Gasteiger partial charge in [-0.2, -0.15) is 0 Å². The van der Waals surface area contributed by atoms with Crippen molar-refractivity contribution >= 4 is 11.9 Å². The van der Waals surface area contributed by atoms with E-state index in [1.807, 2.05) is 0 Å². The Balaban J connectivity index is 1.94. The van der Waals surface area contributed by atoms with Gasteiger partial charge in [0.25, 0.3) is 5.91 Å². The molecule has 6 nitrogen and oxygen atoms in total. The minimum absolute atomic E-state index is 0.00103. The van der Waals surface area contributed by atoms with Gasteiger partial charge in [0.05, 0.1) is 14.2 Å². The number of rotatable bonds is 7. The second-order valence-corrected chi connectivity index (χ2v) is 4.98. The smallest absolute Gasteiger partial charge is 0.346 e. The third kappa shape index (κ3) is 4.69. The lowest BCUT2D eigenvalue weighted by Gasteiger charge is -2.12. The Morgan fingerprint density at radius 3 is 2.24 bits per heavy atom. The van der Waals surface area contributed by atoms with Crippen LogP contribution in [0.1, 0.15) is 15.9 Å². The van der Waals surface area contributed by atoms with Gasteiger partial charge in [0, 0.05) is 12.1 Å². The van der Waals surface area contributed by atoms with Crippen LogP contribution >= 0.6 is 0 Å². The number of halogens is 1. The highest BCUT2D eigenvalue weighted by molar-refractivity contribution is 5.96. The summed E-state index contributed by atoms with van der Waals surface area (Å²) in [6.45, 7) is -0.504. The Bertz CT molecular complexity index is 741. The molecule has 0 saturated heterocycles. The number of hydrogen-bond acceptors (Lipinski definition) is 5. The molecule has 0 bridgehead atoms. The monoisotopic (exact) mass is 347 g/mol. The summed E-state index contributed by atoms with van der Waals surface area (Å²) in [6, 6.07) is 10.9. The van der Waals surface area contributed by atoms with Crippen LogP contribution in [0, 0.1) is 5.82 Å². The molecule has 0 aliphatic carbocycles. The van der Waals surface area contributed by atoms with Crippen LogP contribution in [-0.4, -0.2) is 32.7 Å². The minimum atomic E-state index is -0.754. The summed E-state index contributed by atoms with van der Waals surface area (Å²) >= 11 is 0. The fourth-order valence-corrected chi connectivity index (χ4v) is 2.14. The minimum Gasteiger partial charge on any atom is -0.496 e. The zero-order valence-corrected chi connectivity index (χ0v) is 13.9. The highest BCUT2D eigenvalue weighted by Crippen LogP contribution is 2.28. The van der Waals surface area contributed by atoms with Crippen molar-refractivity contribution in [2.24, 2.45) is 0 Å². The molecule has 2 aromatic rings. The Labute approximate surface area is 144 Å². The third-order valence-electron chi connectivity index (χ3n) is 3.40. The van der Waals surface area contributed by atoms with Crippen LogP contribution in [-0.2, 0) is 16.1 Å². The van der Waals surface area contributed by atoms with Crippen LogP contribution in [0.5, 0.6) is 11.5 Å². The van der Waals surface area contributed by atoms with E-state index < -0.39 is 24.3 Å². The second kappa shape index (κ2) is 8.68. The Kier molecular flexibility index (Phi) is 6.33. The molecule has 0 saturated carbocycles. The van der Waals surface area contributed by atoms with Gasteiger partial charge in [-0.05, 0) is 18.2 Å². The molecule has 25 heavy (non-hydrogen) atoms. The maximum atomic E-state index is 13.5. The third-order valence-corrected chi connectivity index (χ3v) is 3.40. The van der Waals surface area contributed by atoms with Gasteiger partial charge in [0.1, 0.15) is 22.9 Å². The van der Waals surface area contributed by atoms with Crippen molar-refractivity contribution in [1.82, 2.24) is 5.32 Å². The summed E-state index contributed by atoms with van der Waals surface area (Å²) in [5.74, 6) is -1.17. The molecule has 2 aromatic carbocycles. The average Bonchev–Trinajstić information content (AvgIpc) is 2.64. The van der Waals surface area contributed by atoms with E-state index in [1.54, 1.807) is 36.4 Å². The Morgan fingerprint density at radius 2 is 1.64 bits per heavy atom. The zero-order valence-electron chi connectivity index (χ0n) is 13.9. The highest BCUT2D eigenvalue weighted by Gasteiger charge is 2.20. The van der Waals surface area contributed by atoms with E-state index in [0.717, 1.165) is 0 Å². The predicted octanol–water partition coefficient (Wildman–Crippen LogP) is 2.32. The Hall–Kier alpha value is -3.09. The largest absolute Gasteiger partial charge is 0.496 e. The summed E-state index contributed by atoms with van der Waals surface area (Å²) in [4.78, 5) is 24.0. The van der Waals surface area contributed by atoms with Crippen molar-refractivity contribution in [3.63, 3.8) is 0 Å². The van der Waals surface area contributed by atoms with Gasteiger partial charge in [-0.25, -0.2) is 9.18 Å². The van der Waals surface area contributed by atoms with Crippen molar-refractivity contribution in [3.8, 4) is 11.5 Å². The van der Waals surface area contributed by atoms with Crippen molar-refractivity contribution in [1.29, 1.82) is 0 Å². The van der Waals surface area contributed by atoms with Crippen LogP contribution < -0.4 is 14.8 Å². The normalized spacial score (nSPS) is 10.0. The van der Waals surface area contributed by atoms with E-state index in [0.29, 0.717) is 5.56 Å². The first-order valence-corrected chi connectivity index (χ1v) is 7.45. The maximum Gasteiger partial charge on any atom is 0.346 e. The lowest BCUT2D eigenvalue weighted by atomic mass is 10.2. The zero-order chi connectivity index (χ0) is 18.2. The molecule has 0 fully saturated rings. The van der Waals surface area contributed by atoms with Crippen molar-refractivity contribution in [2.45, 2.75) is 6.54 Å².